The second-order valence-corrected chi connectivity index (χ2v) is 5.71. The average molecular weight is 321 g/mol. The molecule has 1 atom stereocenters. The lowest BCUT2D eigenvalue weighted by Crippen LogP contribution is -2.51. The fraction of sp³-hybridized carbons (Fsp3) is 0.500. The van der Waals surface area contributed by atoms with Crippen LogP contribution in [0.3, 0.4) is 0 Å². The predicted octanol–water partition coefficient (Wildman–Crippen LogP) is -0.311. The van der Waals surface area contributed by atoms with E-state index in [1.54, 1.807) is 36.1 Å². The molecule has 0 saturated carbocycles. The summed E-state index contributed by atoms with van der Waals surface area (Å²) in [6, 6.07) is 6.37. The molecule has 0 bridgehead atoms. The van der Waals surface area contributed by atoms with Crippen molar-refractivity contribution in [2.24, 2.45) is 5.73 Å². The zero-order chi connectivity index (χ0) is 16.8. The number of carbonyl (C=O) groups excluding carboxylic acids is 2. The molecule has 126 valence electrons. The Morgan fingerprint density at radius 3 is 2.35 bits per heavy atom. The highest BCUT2D eigenvalue weighted by atomic mass is 16.5. The van der Waals surface area contributed by atoms with E-state index in [9.17, 15) is 14.7 Å². The lowest BCUT2D eigenvalue weighted by molar-refractivity contribution is -0.135. The molecule has 1 aliphatic rings. The number of nitrogens with zero attached hydrogens (tertiary/aromatic N) is 2. The van der Waals surface area contributed by atoms with Gasteiger partial charge in [-0.2, -0.15) is 0 Å². The number of rotatable bonds is 6. The van der Waals surface area contributed by atoms with Crippen molar-refractivity contribution < 1.29 is 19.4 Å². The van der Waals surface area contributed by atoms with Crippen LogP contribution in [0.25, 0.3) is 0 Å². The van der Waals surface area contributed by atoms with Crippen LogP contribution in [0.4, 0.5) is 0 Å². The van der Waals surface area contributed by atoms with Gasteiger partial charge in [0, 0.05) is 38.3 Å². The van der Waals surface area contributed by atoms with Crippen molar-refractivity contribution in [3.8, 4) is 5.75 Å². The van der Waals surface area contributed by atoms with Crippen LogP contribution in [0, 0.1) is 0 Å². The lowest BCUT2D eigenvalue weighted by atomic mass is 10.2. The van der Waals surface area contributed by atoms with E-state index in [2.05, 4.69) is 4.90 Å². The van der Waals surface area contributed by atoms with E-state index in [0.717, 1.165) is 13.1 Å². The van der Waals surface area contributed by atoms with Gasteiger partial charge in [0.2, 0.25) is 5.91 Å². The van der Waals surface area contributed by atoms with E-state index in [-0.39, 0.29) is 18.6 Å². The Morgan fingerprint density at radius 2 is 1.83 bits per heavy atom. The summed E-state index contributed by atoms with van der Waals surface area (Å²) in [4.78, 5) is 27.0. The first-order chi connectivity index (χ1) is 11.0. The molecule has 1 unspecified atom stereocenters. The van der Waals surface area contributed by atoms with Gasteiger partial charge in [-0.05, 0) is 31.2 Å². The van der Waals surface area contributed by atoms with E-state index >= 15 is 0 Å². The Bertz CT molecular complexity index is 537. The van der Waals surface area contributed by atoms with Gasteiger partial charge in [-0.15, -0.1) is 0 Å². The van der Waals surface area contributed by atoms with Crippen molar-refractivity contribution in [2.45, 2.75) is 13.0 Å². The molecule has 0 spiro atoms. The number of β-amino-alcohol motifs (C(OH)–C–C–N with tert-alkyl or cyclic N) is 1. The number of hydrogen-bond donors (Lipinski definition) is 2. The smallest absolute Gasteiger partial charge is 0.260 e. The second-order valence-electron chi connectivity index (χ2n) is 5.71. The van der Waals surface area contributed by atoms with Crippen molar-refractivity contribution in [1.29, 1.82) is 0 Å². The van der Waals surface area contributed by atoms with Gasteiger partial charge in [0.15, 0.2) is 6.61 Å². The third kappa shape index (κ3) is 5.22. The van der Waals surface area contributed by atoms with Crippen LogP contribution in [0.2, 0.25) is 0 Å². The Labute approximate surface area is 135 Å². The molecule has 0 aliphatic carbocycles. The van der Waals surface area contributed by atoms with E-state index in [4.69, 9.17) is 10.5 Å². The van der Waals surface area contributed by atoms with E-state index in [1.165, 1.54) is 0 Å². The normalized spacial score (nSPS) is 16.9. The van der Waals surface area contributed by atoms with Crippen molar-refractivity contribution in [1.82, 2.24) is 9.80 Å². The first kappa shape index (κ1) is 17.2. The summed E-state index contributed by atoms with van der Waals surface area (Å²) < 4.78 is 5.45. The standard InChI is InChI=1S/C16H23N3O4/c1-12(20)10-18-6-8-19(9-7-18)15(21)11-23-14-4-2-13(3-5-14)16(17)22/h2-5,12,20H,6-11H2,1H3,(H2,17,22). The minimum atomic E-state index is -0.498. The van der Waals surface area contributed by atoms with Gasteiger partial charge in [0.1, 0.15) is 5.75 Å². The Morgan fingerprint density at radius 1 is 1.22 bits per heavy atom. The molecule has 3 N–H and O–H groups in total. The Hall–Kier alpha value is -2.12. The molecule has 0 aromatic heterocycles. The van der Waals surface area contributed by atoms with Gasteiger partial charge in [-0.3, -0.25) is 14.5 Å². The number of piperazine rings is 1. The molecule has 1 fully saturated rings. The molecule has 2 rings (SSSR count). The first-order valence-corrected chi connectivity index (χ1v) is 7.66. The third-order valence-electron chi connectivity index (χ3n) is 3.75. The molecule has 0 radical (unpaired) electrons. The maximum atomic E-state index is 12.1. The topological polar surface area (TPSA) is 96.1 Å². The minimum absolute atomic E-state index is 0.0354. The second kappa shape index (κ2) is 7.94. The van der Waals surface area contributed by atoms with Crippen LogP contribution in [-0.4, -0.2) is 72.2 Å². The summed E-state index contributed by atoms with van der Waals surface area (Å²) in [5.41, 5.74) is 5.57. The fourth-order valence-corrected chi connectivity index (χ4v) is 2.51. The zero-order valence-corrected chi connectivity index (χ0v) is 13.3. The fourth-order valence-electron chi connectivity index (χ4n) is 2.51. The van der Waals surface area contributed by atoms with Crippen molar-refractivity contribution >= 4 is 11.8 Å². The molecule has 7 nitrogen and oxygen atoms in total. The highest BCUT2D eigenvalue weighted by Gasteiger charge is 2.21. The number of benzene rings is 1. The summed E-state index contributed by atoms with van der Waals surface area (Å²) in [5, 5.41) is 9.37. The number of amides is 2. The summed E-state index contributed by atoms with van der Waals surface area (Å²) >= 11 is 0. The van der Waals surface area contributed by atoms with Crippen LogP contribution >= 0.6 is 0 Å². The van der Waals surface area contributed by atoms with Gasteiger partial charge >= 0.3 is 0 Å². The van der Waals surface area contributed by atoms with Crippen LogP contribution in [-0.2, 0) is 4.79 Å². The van der Waals surface area contributed by atoms with Gasteiger partial charge in [0.05, 0.1) is 6.10 Å². The van der Waals surface area contributed by atoms with Crippen molar-refractivity contribution in [3.63, 3.8) is 0 Å². The van der Waals surface area contributed by atoms with Crippen LogP contribution < -0.4 is 10.5 Å². The minimum Gasteiger partial charge on any atom is -0.484 e. The number of aliphatic hydroxyl groups excluding tert-OH is 1. The summed E-state index contributed by atoms with van der Waals surface area (Å²) in [6.45, 7) is 5.13. The van der Waals surface area contributed by atoms with Gasteiger partial charge in [-0.1, -0.05) is 0 Å². The van der Waals surface area contributed by atoms with Gasteiger partial charge < -0.3 is 20.5 Å². The van der Waals surface area contributed by atoms with Gasteiger partial charge in [-0.25, -0.2) is 0 Å². The van der Waals surface area contributed by atoms with E-state index < -0.39 is 5.91 Å². The van der Waals surface area contributed by atoms with Crippen LogP contribution in [0.5, 0.6) is 5.75 Å². The Kier molecular flexibility index (Phi) is 5.95. The number of ether oxygens (including phenoxy) is 1. The van der Waals surface area contributed by atoms with Gasteiger partial charge in [0.25, 0.3) is 5.91 Å². The summed E-state index contributed by atoms with van der Waals surface area (Å²) in [6.07, 6.45) is -0.357. The maximum Gasteiger partial charge on any atom is 0.260 e. The molecule has 2 amide bonds. The molecule has 1 heterocycles. The molecule has 23 heavy (non-hydrogen) atoms. The monoisotopic (exact) mass is 321 g/mol. The number of aliphatic hydroxyl groups is 1. The molecule has 1 aliphatic heterocycles. The first-order valence-electron chi connectivity index (χ1n) is 7.66. The van der Waals surface area contributed by atoms with Crippen LogP contribution in [0.15, 0.2) is 24.3 Å². The maximum absolute atomic E-state index is 12.1. The molecule has 1 saturated heterocycles. The molecular weight excluding hydrogens is 298 g/mol. The molecule has 7 heteroatoms. The zero-order valence-electron chi connectivity index (χ0n) is 13.3. The largest absolute Gasteiger partial charge is 0.484 e. The summed E-state index contributed by atoms with van der Waals surface area (Å²) in [7, 11) is 0. The lowest BCUT2D eigenvalue weighted by Gasteiger charge is -2.35. The highest BCUT2D eigenvalue weighted by Crippen LogP contribution is 2.12. The third-order valence-corrected chi connectivity index (χ3v) is 3.75. The predicted molar refractivity (Wildman–Crippen MR) is 85.2 cm³/mol. The number of carbonyl (C=O) groups is 2. The quantitative estimate of drug-likeness (QED) is 0.749. The van der Waals surface area contributed by atoms with Crippen LogP contribution in [0.1, 0.15) is 17.3 Å². The molecular formula is C16H23N3O4. The van der Waals surface area contributed by atoms with E-state index in [0.29, 0.717) is 30.9 Å². The molecule has 1 aromatic carbocycles. The van der Waals surface area contributed by atoms with E-state index in [1.807, 2.05) is 0 Å². The SMILES string of the molecule is CC(O)CN1CCN(C(=O)COc2ccc(C(N)=O)cc2)CC1. The number of primary amides is 1. The van der Waals surface area contributed by atoms with Crippen molar-refractivity contribution in [3.05, 3.63) is 29.8 Å². The summed E-state index contributed by atoms with van der Waals surface area (Å²) in [5.74, 6) is -0.0422. The number of nitrogens with two attached hydrogens (primary N) is 1. The Balaban J connectivity index is 1.76. The molecule has 1 aromatic rings. The average Bonchev–Trinajstić information content (AvgIpc) is 2.53. The highest BCUT2D eigenvalue weighted by molar-refractivity contribution is 5.92. The van der Waals surface area contributed by atoms with Crippen molar-refractivity contribution in [2.75, 3.05) is 39.3 Å². The number of hydrogen-bond acceptors (Lipinski definition) is 5.